The summed E-state index contributed by atoms with van der Waals surface area (Å²) in [5.74, 6) is 1.07. The van der Waals surface area contributed by atoms with E-state index in [-0.39, 0.29) is 5.41 Å². The first-order valence-electron chi connectivity index (χ1n) is 6.50. The standard InChI is InChI=1S/C13H29N3O/c1-6-11(2)10-16(5)9-7-8-13(3,4)12(14)15-17/h11,17H,6-10H2,1-5H3,(H2,14,15). The molecule has 0 heterocycles. The third-order valence-electron chi connectivity index (χ3n) is 3.46. The van der Waals surface area contributed by atoms with Crippen LogP contribution in [0.25, 0.3) is 0 Å². The lowest BCUT2D eigenvalue weighted by atomic mass is 9.86. The highest BCUT2D eigenvalue weighted by atomic mass is 16.4. The second-order valence-corrected chi connectivity index (χ2v) is 5.75. The molecular weight excluding hydrogens is 214 g/mol. The van der Waals surface area contributed by atoms with Crippen molar-refractivity contribution in [3.05, 3.63) is 0 Å². The molecule has 0 aromatic rings. The van der Waals surface area contributed by atoms with Gasteiger partial charge in [-0.1, -0.05) is 39.3 Å². The highest BCUT2D eigenvalue weighted by Crippen LogP contribution is 2.22. The van der Waals surface area contributed by atoms with Gasteiger partial charge >= 0.3 is 0 Å². The monoisotopic (exact) mass is 243 g/mol. The average molecular weight is 243 g/mol. The smallest absolute Gasteiger partial charge is 0.144 e. The van der Waals surface area contributed by atoms with Crippen molar-refractivity contribution in [2.75, 3.05) is 20.1 Å². The van der Waals surface area contributed by atoms with Crippen LogP contribution < -0.4 is 5.73 Å². The van der Waals surface area contributed by atoms with Crippen LogP contribution in [-0.2, 0) is 0 Å². The highest BCUT2D eigenvalue weighted by Gasteiger charge is 2.23. The van der Waals surface area contributed by atoms with E-state index in [4.69, 9.17) is 10.9 Å². The SMILES string of the molecule is CCC(C)CN(C)CCCC(C)(C)C(N)=NO. The Balaban J connectivity index is 3.91. The number of nitrogens with two attached hydrogens (primary N) is 1. The summed E-state index contributed by atoms with van der Waals surface area (Å²) < 4.78 is 0. The Bertz CT molecular complexity index is 239. The molecule has 0 spiro atoms. The molecule has 0 rings (SSSR count). The van der Waals surface area contributed by atoms with Gasteiger partial charge < -0.3 is 15.8 Å². The Morgan fingerprint density at radius 2 is 2.06 bits per heavy atom. The maximum atomic E-state index is 8.68. The van der Waals surface area contributed by atoms with E-state index in [1.54, 1.807) is 0 Å². The third kappa shape index (κ3) is 6.51. The lowest BCUT2D eigenvalue weighted by Gasteiger charge is -2.25. The molecule has 0 bridgehead atoms. The van der Waals surface area contributed by atoms with E-state index in [9.17, 15) is 0 Å². The van der Waals surface area contributed by atoms with Crippen molar-refractivity contribution in [3.8, 4) is 0 Å². The minimum Gasteiger partial charge on any atom is -0.409 e. The summed E-state index contributed by atoms with van der Waals surface area (Å²) in [5.41, 5.74) is 5.44. The molecule has 0 saturated carbocycles. The first-order chi connectivity index (χ1) is 7.83. The van der Waals surface area contributed by atoms with E-state index in [1.165, 1.54) is 6.42 Å². The summed E-state index contributed by atoms with van der Waals surface area (Å²) in [4.78, 5) is 2.36. The topological polar surface area (TPSA) is 61.8 Å². The summed E-state index contributed by atoms with van der Waals surface area (Å²) in [6.07, 6.45) is 3.23. The molecule has 0 saturated heterocycles. The fraction of sp³-hybridized carbons (Fsp3) is 0.923. The van der Waals surface area contributed by atoms with Gasteiger partial charge in [-0.05, 0) is 32.4 Å². The first-order valence-corrected chi connectivity index (χ1v) is 6.50. The molecule has 0 fully saturated rings. The Morgan fingerprint density at radius 1 is 1.47 bits per heavy atom. The average Bonchev–Trinajstić information content (AvgIpc) is 2.27. The fourth-order valence-corrected chi connectivity index (χ4v) is 1.81. The largest absolute Gasteiger partial charge is 0.409 e. The van der Waals surface area contributed by atoms with Crippen LogP contribution in [0.5, 0.6) is 0 Å². The molecule has 102 valence electrons. The molecule has 0 aromatic carbocycles. The van der Waals surface area contributed by atoms with Gasteiger partial charge in [0.2, 0.25) is 0 Å². The van der Waals surface area contributed by atoms with E-state index >= 15 is 0 Å². The van der Waals surface area contributed by atoms with Crippen molar-refractivity contribution < 1.29 is 5.21 Å². The van der Waals surface area contributed by atoms with Crippen LogP contribution in [0.3, 0.4) is 0 Å². The third-order valence-corrected chi connectivity index (χ3v) is 3.46. The quantitative estimate of drug-likeness (QED) is 0.298. The van der Waals surface area contributed by atoms with Crippen LogP contribution in [0.2, 0.25) is 0 Å². The van der Waals surface area contributed by atoms with Gasteiger partial charge in [0.25, 0.3) is 0 Å². The molecule has 1 atom stereocenters. The summed E-state index contributed by atoms with van der Waals surface area (Å²) in [6, 6.07) is 0. The molecule has 4 nitrogen and oxygen atoms in total. The van der Waals surface area contributed by atoms with Crippen molar-refractivity contribution in [1.29, 1.82) is 0 Å². The minimum atomic E-state index is -0.216. The Kier molecular flexibility index (Phi) is 7.19. The predicted molar refractivity (Wildman–Crippen MR) is 73.4 cm³/mol. The van der Waals surface area contributed by atoms with Crippen molar-refractivity contribution >= 4 is 5.84 Å². The number of amidine groups is 1. The van der Waals surface area contributed by atoms with Gasteiger partial charge in [-0.3, -0.25) is 0 Å². The molecule has 0 aliphatic heterocycles. The Labute approximate surface area is 106 Å². The second-order valence-electron chi connectivity index (χ2n) is 5.75. The Morgan fingerprint density at radius 3 is 2.53 bits per heavy atom. The summed E-state index contributed by atoms with van der Waals surface area (Å²) in [5, 5.41) is 11.8. The highest BCUT2D eigenvalue weighted by molar-refractivity contribution is 5.85. The van der Waals surface area contributed by atoms with Gasteiger partial charge in [0.05, 0.1) is 0 Å². The molecule has 17 heavy (non-hydrogen) atoms. The van der Waals surface area contributed by atoms with Gasteiger partial charge in [-0.2, -0.15) is 0 Å². The van der Waals surface area contributed by atoms with Gasteiger partial charge in [-0.15, -0.1) is 0 Å². The van der Waals surface area contributed by atoms with Gasteiger partial charge in [0, 0.05) is 12.0 Å². The second kappa shape index (κ2) is 7.54. The zero-order valence-corrected chi connectivity index (χ0v) is 12.0. The van der Waals surface area contributed by atoms with Gasteiger partial charge in [0.1, 0.15) is 5.84 Å². The number of hydrogen-bond donors (Lipinski definition) is 2. The van der Waals surface area contributed by atoms with E-state index < -0.39 is 0 Å². The van der Waals surface area contributed by atoms with E-state index in [0.29, 0.717) is 5.84 Å². The summed E-state index contributed by atoms with van der Waals surface area (Å²) >= 11 is 0. The number of oxime groups is 1. The minimum absolute atomic E-state index is 0.216. The zero-order valence-electron chi connectivity index (χ0n) is 12.0. The number of rotatable bonds is 8. The van der Waals surface area contributed by atoms with Crippen molar-refractivity contribution in [1.82, 2.24) is 4.90 Å². The Hall–Kier alpha value is -0.770. The van der Waals surface area contributed by atoms with Crippen molar-refractivity contribution in [2.24, 2.45) is 22.2 Å². The lowest BCUT2D eigenvalue weighted by Crippen LogP contribution is -2.33. The molecular formula is C13H29N3O. The molecule has 0 amide bonds. The molecule has 0 radical (unpaired) electrons. The maximum Gasteiger partial charge on any atom is 0.144 e. The van der Waals surface area contributed by atoms with Gasteiger partial charge in [-0.25, -0.2) is 0 Å². The van der Waals surface area contributed by atoms with Crippen LogP contribution in [0.15, 0.2) is 5.16 Å². The number of hydrogen-bond acceptors (Lipinski definition) is 3. The molecule has 0 aliphatic carbocycles. The van der Waals surface area contributed by atoms with Crippen LogP contribution in [0.1, 0.15) is 47.0 Å². The normalized spacial score (nSPS) is 15.3. The molecule has 0 aliphatic rings. The molecule has 3 N–H and O–H groups in total. The first kappa shape index (κ1) is 16.2. The van der Waals surface area contributed by atoms with Gasteiger partial charge in [0.15, 0.2) is 0 Å². The summed E-state index contributed by atoms with van der Waals surface area (Å²) in [6.45, 7) is 10.7. The van der Waals surface area contributed by atoms with E-state index in [2.05, 4.69) is 31.0 Å². The van der Waals surface area contributed by atoms with E-state index in [0.717, 1.165) is 31.8 Å². The van der Waals surface area contributed by atoms with E-state index in [1.807, 2.05) is 13.8 Å². The number of nitrogens with zero attached hydrogens (tertiary/aromatic N) is 2. The molecule has 4 heteroatoms. The maximum absolute atomic E-state index is 8.68. The molecule has 1 unspecified atom stereocenters. The summed E-state index contributed by atoms with van der Waals surface area (Å²) in [7, 11) is 2.16. The fourth-order valence-electron chi connectivity index (χ4n) is 1.81. The van der Waals surface area contributed by atoms with Crippen molar-refractivity contribution in [2.45, 2.75) is 47.0 Å². The van der Waals surface area contributed by atoms with Crippen LogP contribution >= 0.6 is 0 Å². The van der Waals surface area contributed by atoms with Crippen molar-refractivity contribution in [3.63, 3.8) is 0 Å². The lowest BCUT2D eigenvalue weighted by molar-refractivity contribution is 0.263. The predicted octanol–water partition coefficient (Wildman–Crippen LogP) is 2.52. The molecule has 0 aromatic heterocycles. The zero-order chi connectivity index (χ0) is 13.5. The van der Waals surface area contributed by atoms with Crippen LogP contribution in [0.4, 0.5) is 0 Å². The van der Waals surface area contributed by atoms with Crippen LogP contribution in [-0.4, -0.2) is 36.1 Å². The van der Waals surface area contributed by atoms with Crippen LogP contribution in [0, 0.1) is 11.3 Å².